The molecule has 2 rings (SSSR count). The van der Waals surface area contributed by atoms with E-state index in [4.69, 9.17) is 0 Å². The van der Waals surface area contributed by atoms with Gasteiger partial charge in [0.2, 0.25) is 0 Å². The van der Waals surface area contributed by atoms with Crippen molar-refractivity contribution in [2.75, 3.05) is 30.4 Å². The third-order valence-corrected chi connectivity index (χ3v) is 4.24. The van der Waals surface area contributed by atoms with Crippen LogP contribution in [0.15, 0.2) is 24.3 Å². The maximum atomic E-state index is 12.5. The minimum absolute atomic E-state index is 0.141. The van der Waals surface area contributed by atoms with Gasteiger partial charge in [-0.25, -0.2) is 0 Å². The van der Waals surface area contributed by atoms with Crippen LogP contribution in [-0.2, 0) is 0 Å². The van der Waals surface area contributed by atoms with E-state index in [0.29, 0.717) is 6.04 Å². The number of amides is 1. The number of hydrogen-bond acceptors (Lipinski definition) is 3. The van der Waals surface area contributed by atoms with Crippen molar-refractivity contribution in [1.82, 2.24) is 4.90 Å². The summed E-state index contributed by atoms with van der Waals surface area (Å²) in [4.78, 5) is 14.4. The summed E-state index contributed by atoms with van der Waals surface area (Å²) in [5, 5.41) is 3.08. The largest absolute Gasteiger partial charge is 0.387 e. The molecular formula is C13H18N2OS. The summed E-state index contributed by atoms with van der Waals surface area (Å²) >= 11 is 1.92. The lowest BCUT2D eigenvalue weighted by Gasteiger charge is -2.33. The van der Waals surface area contributed by atoms with E-state index in [1.807, 2.05) is 48.0 Å². The van der Waals surface area contributed by atoms with Gasteiger partial charge in [0.1, 0.15) is 0 Å². The molecule has 1 aromatic carbocycles. The van der Waals surface area contributed by atoms with Gasteiger partial charge >= 0.3 is 0 Å². The fraction of sp³-hybridized carbons (Fsp3) is 0.462. The molecule has 0 spiro atoms. The Balaban J connectivity index is 2.23. The molecule has 1 aliphatic rings. The predicted molar refractivity (Wildman–Crippen MR) is 73.8 cm³/mol. The lowest BCUT2D eigenvalue weighted by Crippen LogP contribution is -2.44. The summed E-state index contributed by atoms with van der Waals surface area (Å²) in [5.74, 6) is 2.22. The molecule has 1 saturated heterocycles. The Kier molecular flexibility index (Phi) is 3.94. The molecule has 1 heterocycles. The van der Waals surface area contributed by atoms with Crippen molar-refractivity contribution in [2.24, 2.45) is 0 Å². The molecule has 17 heavy (non-hydrogen) atoms. The first-order valence-corrected chi connectivity index (χ1v) is 7.05. The van der Waals surface area contributed by atoms with E-state index in [9.17, 15) is 4.79 Å². The first-order chi connectivity index (χ1) is 8.24. The fourth-order valence-electron chi connectivity index (χ4n) is 2.07. The summed E-state index contributed by atoms with van der Waals surface area (Å²) in [5.41, 5.74) is 1.68. The van der Waals surface area contributed by atoms with Gasteiger partial charge in [-0.15, -0.1) is 0 Å². The summed E-state index contributed by atoms with van der Waals surface area (Å²) in [6.45, 7) is 2.97. The number of carbonyl (C=O) groups excluding carboxylic acids is 1. The Morgan fingerprint density at radius 1 is 1.47 bits per heavy atom. The first-order valence-electron chi connectivity index (χ1n) is 5.89. The van der Waals surface area contributed by atoms with Gasteiger partial charge in [0.25, 0.3) is 5.91 Å². The molecule has 0 bridgehead atoms. The zero-order valence-corrected chi connectivity index (χ0v) is 11.1. The molecule has 1 atom stereocenters. The highest BCUT2D eigenvalue weighted by Crippen LogP contribution is 2.22. The van der Waals surface area contributed by atoms with Crippen LogP contribution < -0.4 is 5.32 Å². The number of anilines is 1. The van der Waals surface area contributed by atoms with Gasteiger partial charge in [0, 0.05) is 36.8 Å². The number of hydrogen-bond donors (Lipinski definition) is 1. The Morgan fingerprint density at radius 2 is 2.24 bits per heavy atom. The smallest absolute Gasteiger partial charge is 0.256 e. The minimum Gasteiger partial charge on any atom is -0.387 e. The normalized spacial score (nSPS) is 20.1. The van der Waals surface area contributed by atoms with E-state index in [-0.39, 0.29) is 5.91 Å². The number of thioether (sulfide) groups is 1. The fourth-order valence-corrected chi connectivity index (χ4v) is 3.08. The Labute approximate surface area is 107 Å². The standard InChI is InChI=1S/C13H18N2OS/c1-10-9-17-8-7-15(10)13(16)11-5-3-4-6-12(11)14-2/h3-6,10,14H,7-9H2,1-2H3. The van der Waals surface area contributed by atoms with Gasteiger partial charge in [-0.2, -0.15) is 11.8 Å². The topological polar surface area (TPSA) is 32.3 Å². The minimum atomic E-state index is 0.141. The quantitative estimate of drug-likeness (QED) is 0.874. The third-order valence-electron chi connectivity index (χ3n) is 3.06. The molecular weight excluding hydrogens is 232 g/mol. The van der Waals surface area contributed by atoms with E-state index in [2.05, 4.69) is 12.2 Å². The zero-order valence-electron chi connectivity index (χ0n) is 10.3. The van der Waals surface area contributed by atoms with Crippen molar-refractivity contribution in [3.8, 4) is 0 Å². The molecule has 1 amide bonds. The average molecular weight is 250 g/mol. The van der Waals surface area contributed by atoms with Gasteiger partial charge in [0.05, 0.1) is 5.56 Å². The van der Waals surface area contributed by atoms with Gasteiger partial charge in [-0.3, -0.25) is 4.79 Å². The van der Waals surface area contributed by atoms with Crippen LogP contribution in [0.5, 0.6) is 0 Å². The van der Waals surface area contributed by atoms with Gasteiger partial charge in [-0.05, 0) is 19.1 Å². The third kappa shape index (κ3) is 2.57. The van der Waals surface area contributed by atoms with Crippen LogP contribution in [0.25, 0.3) is 0 Å². The van der Waals surface area contributed by atoms with Gasteiger partial charge < -0.3 is 10.2 Å². The highest BCUT2D eigenvalue weighted by molar-refractivity contribution is 7.99. The molecule has 4 heteroatoms. The number of nitrogens with zero attached hydrogens (tertiary/aromatic N) is 1. The second-order valence-corrected chi connectivity index (χ2v) is 5.37. The molecule has 0 aliphatic carbocycles. The maximum Gasteiger partial charge on any atom is 0.256 e. The predicted octanol–water partition coefficient (Wildman–Crippen LogP) is 2.31. The van der Waals surface area contributed by atoms with Crippen molar-refractivity contribution in [2.45, 2.75) is 13.0 Å². The highest BCUT2D eigenvalue weighted by atomic mass is 32.2. The van der Waals surface area contributed by atoms with Gasteiger partial charge in [-0.1, -0.05) is 12.1 Å². The Bertz CT molecular complexity index is 408. The van der Waals surface area contributed by atoms with Crippen LogP contribution >= 0.6 is 11.8 Å². The Morgan fingerprint density at radius 3 is 2.94 bits per heavy atom. The van der Waals surface area contributed by atoms with Crippen LogP contribution in [0.3, 0.4) is 0 Å². The van der Waals surface area contributed by atoms with Crippen molar-refractivity contribution < 1.29 is 4.79 Å². The van der Waals surface area contributed by atoms with E-state index in [1.165, 1.54) is 0 Å². The number of nitrogens with one attached hydrogen (secondary N) is 1. The summed E-state index contributed by atoms with van der Waals surface area (Å²) in [7, 11) is 1.85. The number of benzene rings is 1. The monoisotopic (exact) mass is 250 g/mol. The van der Waals surface area contributed by atoms with Gasteiger partial charge in [0.15, 0.2) is 0 Å². The van der Waals surface area contributed by atoms with Crippen molar-refractivity contribution >= 4 is 23.4 Å². The van der Waals surface area contributed by atoms with E-state index in [0.717, 1.165) is 29.3 Å². The summed E-state index contributed by atoms with van der Waals surface area (Å²) < 4.78 is 0. The van der Waals surface area contributed by atoms with Crippen LogP contribution in [0.1, 0.15) is 17.3 Å². The van der Waals surface area contributed by atoms with Crippen LogP contribution in [0.4, 0.5) is 5.69 Å². The van der Waals surface area contributed by atoms with E-state index < -0.39 is 0 Å². The molecule has 3 nitrogen and oxygen atoms in total. The number of carbonyl (C=O) groups is 1. The SMILES string of the molecule is CNc1ccccc1C(=O)N1CCSCC1C. The first kappa shape index (κ1) is 12.3. The zero-order chi connectivity index (χ0) is 12.3. The van der Waals surface area contributed by atoms with Crippen LogP contribution in [0, 0.1) is 0 Å². The summed E-state index contributed by atoms with van der Waals surface area (Å²) in [6.07, 6.45) is 0. The number of rotatable bonds is 2. The van der Waals surface area contributed by atoms with E-state index in [1.54, 1.807) is 0 Å². The van der Waals surface area contributed by atoms with Crippen LogP contribution in [0.2, 0.25) is 0 Å². The molecule has 1 unspecified atom stereocenters. The average Bonchev–Trinajstić information content (AvgIpc) is 2.38. The molecule has 0 saturated carbocycles. The Hall–Kier alpha value is -1.16. The molecule has 1 aliphatic heterocycles. The second-order valence-electron chi connectivity index (χ2n) is 4.22. The van der Waals surface area contributed by atoms with Crippen molar-refractivity contribution in [1.29, 1.82) is 0 Å². The highest BCUT2D eigenvalue weighted by Gasteiger charge is 2.25. The summed E-state index contributed by atoms with van der Waals surface area (Å²) in [6, 6.07) is 8.01. The molecule has 92 valence electrons. The molecule has 1 N–H and O–H groups in total. The molecule has 1 aromatic rings. The molecule has 1 fully saturated rings. The van der Waals surface area contributed by atoms with Crippen molar-refractivity contribution in [3.05, 3.63) is 29.8 Å². The second kappa shape index (κ2) is 5.45. The van der Waals surface area contributed by atoms with Crippen LogP contribution in [-0.4, -0.2) is 41.9 Å². The molecule has 0 radical (unpaired) electrons. The maximum absolute atomic E-state index is 12.5. The lowest BCUT2D eigenvalue weighted by molar-refractivity contribution is 0.0717. The van der Waals surface area contributed by atoms with E-state index >= 15 is 0 Å². The number of para-hydroxylation sites is 1. The lowest BCUT2D eigenvalue weighted by atomic mass is 10.1. The molecule has 0 aromatic heterocycles. The van der Waals surface area contributed by atoms with Crippen molar-refractivity contribution in [3.63, 3.8) is 0 Å².